The van der Waals surface area contributed by atoms with Gasteiger partial charge < -0.3 is 10.4 Å². The molecule has 0 aliphatic heterocycles. The lowest BCUT2D eigenvalue weighted by molar-refractivity contribution is -0.149. The molecule has 1 atom stereocenters. The van der Waals surface area contributed by atoms with Crippen molar-refractivity contribution in [2.45, 2.75) is 39.7 Å². The van der Waals surface area contributed by atoms with Crippen LogP contribution < -0.4 is 5.32 Å². The van der Waals surface area contributed by atoms with E-state index in [9.17, 15) is 14.4 Å². The van der Waals surface area contributed by atoms with Crippen molar-refractivity contribution in [3.63, 3.8) is 0 Å². The highest BCUT2D eigenvalue weighted by Gasteiger charge is 2.20. The van der Waals surface area contributed by atoms with Crippen LogP contribution in [-0.2, 0) is 14.4 Å². The number of hydrogen-bond donors (Lipinski definition) is 2. The molecule has 5 heteroatoms. The third kappa shape index (κ3) is 6.65. The molecule has 15 heavy (non-hydrogen) atoms. The summed E-state index contributed by atoms with van der Waals surface area (Å²) in [4.78, 5) is 32.1. The van der Waals surface area contributed by atoms with E-state index in [0.29, 0.717) is 12.3 Å². The minimum atomic E-state index is -1.45. The Balaban J connectivity index is 4.29. The molecule has 0 aliphatic rings. The Morgan fingerprint density at radius 3 is 2.13 bits per heavy atom. The molecule has 0 saturated heterocycles. The predicted molar refractivity (Wildman–Crippen MR) is 54.3 cm³/mol. The van der Waals surface area contributed by atoms with E-state index in [2.05, 4.69) is 5.32 Å². The van der Waals surface area contributed by atoms with Gasteiger partial charge in [-0.15, -0.1) is 0 Å². The highest BCUT2D eigenvalue weighted by molar-refractivity contribution is 6.32. The highest BCUT2D eigenvalue weighted by Crippen LogP contribution is 2.08. The smallest absolute Gasteiger partial charge is 0.372 e. The Kier molecular flexibility index (Phi) is 5.59. The first-order valence-corrected chi connectivity index (χ1v) is 4.86. The minimum absolute atomic E-state index is 0.146. The maximum Gasteiger partial charge on any atom is 0.372 e. The standard InChI is InChI=1S/C10H17NO4/c1-6(2)4-8(11-7(3)12)5-9(13)10(14)15/h6,8H,4-5H2,1-3H3,(H,11,12)(H,14,15)/t8-/m1/s1. The van der Waals surface area contributed by atoms with Crippen molar-refractivity contribution in [1.82, 2.24) is 5.32 Å². The molecule has 0 spiro atoms. The van der Waals surface area contributed by atoms with Gasteiger partial charge in [-0.3, -0.25) is 9.59 Å². The first-order chi connectivity index (χ1) is 6.82. The van der Waals surface area contributed by atoms with E-state index in [1.54, 1.807) is 0 Å². The Bertz CT molecular complexity index is 260. The van der Waals surface area contributed by atoms with E-state index in [1.807, 2.05) is 13.8 Å². The molecular formula is C10H17NO4. The highest BCUT2D eigenvalue weighted by atomic mass is 16.4. The summed E-state index contributed by atoms with van der Waals surface area (Å²) in [7, 11) is 0. The first kappa shape index (κ1) is 13.6. The average Bonchev–Trinajstić information content (AvgIpc) is 2.00. The van der Waals surface area contributed by atoms with Crippen LogP contribution in [0.4, 0.5) is 0 Å². The second-order valence-corrected chi connectivity index (χ2v) is 3.96. The van der Waals surface area contributed by atoms with E-state index in [0.717, 1.165) is 0 Å². The van der Waals surface area contributed by atoms with Gasteiger partial charge >= 0.3 is 5.97 Å². The number of carboxylic acids is 1. The van der Waals surface area contributed by atoms with Gasteiger partial charge in [0.25, 0.3) is 0 Å². The fourth-order valence-electron chi connectivity index (χ4n) is 1.36. The zero-order valence-corrected chi connectivity index (χ0v) is 9.24. The number of carboxylic acid groups (broad SMARTS) is 1. The van der Waals surface area contributed by atoms with Crippen molar-refractivity contribution in [1.29, 1.82) is 0 Å². The largest absolute Gasteiger partial charge is 0.476 e. The number of ketones is 1. The second kappa shape index (κ2) is 6.16. The van der Waals surface area contributed by atoms with Gasteiger partial charge in [0.1, 0.15) is 0 Å². The van der Waals surface area contributed by atoms with Crippen molar-refractivity contribution >= 4 is 17.7 Å². The van der Waals surface area contributed by atoms with Gasteiger partial charge in [0.05, 0.1) is 0 Å². The van der Waals surface area contributed by atoms with E-state index in [-0.39, 0.29) is 18.4 Å². The van der Waals surface area contributed by atoms with Crippen molar-refractivity contribution in [2.75, 3.05) is 0 Å². The third-order valence-corrected chi connectivity index (χ3v) is 1.83. The van der Waals surface area contributed by atoms with Crippen LogP contribution in [-0.4, -0.2) is 28.8 Å². The lowest BCUT2D eigenvalue weighted by Crippen LogP contribution is -2.37. The molecule has 0 aromatic heterocycles. The van der Waals surface area contributed by atoms with Gasteiger partial charge in [0.15, 0.2) is 0 Å². The molecule has 0 saturated carbocycles. The zero-order chi connectivity index (χ0) is 12.0. The Morgan fingerprint density at radius 2 is 1.80 bits per heavy atom. The summed E-state index contributed by atoms with van der Waals surface area (Å²) in [6, 6.07) is -0.383. The molecule has 0 fully saturated rings. The molecule has 0 aromatic rings. The summed E-state index contributed by atoms with van der Waals surface area (Å²) in [5, 5.41) is 11.0. The first-order valence-electron chi connectivity index (χ1n) is 4.86. The number of amides is 1. The van der Waals surface area contributed by atoms with Gasteiger partial charge in [-0.2, -0.15) is 0 Å². The number of Topliss-reactive ketones (excluding diaryl/α,β-unsaturated/α-hetero) is 1. The third-order valence-electron chi connectivity index (χ3n) is 1.83. The fourth-order valence-corrected chi connectivity index (χ4v) is 1.36. The lowest BCUT2D eigenvalue weighted by atomic mass is 9.99. The van der Waals surface area contributed by atoms with Gasteiger partial charge in [0, 0.05) is 19.4 Å². The van der Waals surface area contributed by atoms with Crippen LogP contribution in [0.25, 0.3) is 0 Å². The molecule has 0 radical (unpaired) electrons. The lowest BCUT2D eigenvalue weighted by Gasteiger charge is -2.18. The Labute approximate surface area is 88.9 Å². The van der Waals surface area contributed by atoms with Crippen LogP contribution in [0.2, 0.25) is 0 Å². The number of rotatable bonds is 6. The van der Waals surface area contributed by atoms with Crippen LogP contribution in [0.1, 0.15) is 33.6 Å². The summed E-state index contributed by atoms with van der Waals surface area (Å²) in [6.45, 7) is 5.23. The second-order valence-electron chi connectivity index (χ2n) is 3.96. The van der Waals surface area contributed by atoms with E-state index < -0.39 is 11.8 Å². The maximum atomic E-state index is 11.0. The summed E-state index contributed by atoms with van der Waals surface area (Å²) in [5.74, 6) is -2.27. The SMILES string of the molecule is CC(=O)N[C@@H](CC(=O)C(=O)O)CC(C)C. The van der Waals surface area contributed by atoms with E-state index >= 15 is 0 Å². The minimum Gasteiger partial charge on any atom is -0.476 e. The van der Waals surface area contributed by atoms with Gasteiger partial charge in [-0.05, 0) is 12.3 Å². The number of carbonyl (C=O) groups excluding carboxylic acids is 2. The van der Waals surface area contributed by atoms with E-state index in [1.165, 1.54) is 6.92 Å². The molecule has 0 aromatic carbocycles. The van der Waals surface area contributed by atoms with Crippen LogP contribution in [0.15, 0.2) is 0 Å². The number of aliphatic carboxylic acids is 1. The van der Waals surface area contributed by atoms with Crippen LogP contribution in [0.5, 0.6) is 0 Å². The molecule has 1 amide bonds. The summed E-state index contributed by atoms with van der Waals surface area (Å²) >= 11 is 0. The van der Waals surface area contributed by atoms with Crippen molar-refractivity contribution in [2.24, 2.45) is 5.92 Å². The van der Waals surface area contributed by atoms with Gasteiger partial charge in [-0.1, -0.05) is 13.8 Å². The predicted octanol–water partition coefficient (Wildman–Crippen LogP) is 0.581. The molecular weight excluding hydrogens is 198 g/mol. The molecule has 5 nitrogen and oxygen atoms in total. The molecule has 0 bridgehead atoms. The Hall–Kier alpha value is -1.39. The average molecular weight is 215 g/mol. The zero-order valence-electron chi connectivity index (χ0n) is 9.24. The van der Waals surface area contributed by atoms with Crippen LogP contribution in [0, 0.1) is 5.92 Å². The summed E-state index contributed by atoms with van der Waals surface area (Å²) < 4.78 is 0. The molecule has 2 N–H and O–H groups in total. The number of hydrogen-bond acceptors (Lipinski definition) is 3. The quantitative estimate of drug-likeness (QED) is 0.635. The van der Waals surface area contributed by atoms with Gasteiger partial charge in [0.2, 0.25) is 11.7 Å². The summed E-state index contributed by atoms with van der Waals surface area (Å²) in [6.07, 6.45) is 0.450. The van der Waals surface area contributed by atoms with Gasteiger partial charge in [-0.25, -0.2) is 4.79 Å². The van der Waals surface area contributed by atoms with Crippen molar-refractivity contribution in [3.05, 3.63) is 0 Å². The topological polar surface area (TPSA) is 83.5 Å². The van der Waals surface area contributed by atoms with Crippen LogP contribution >= 0.6 is 0 Å². The molecule has 0 unspecified atom stereocenters. The molecule has 0 heterocycles. The maximum absolute atomic E-state index is 11.0. The molecule has 0 aliphatic carbocycles. The molecule has 0 rings (SSSR count). The van der Waals surface area contributed by atoms with E-state index in [4.69, 9.17) is 5.11 Å². The Morgan fingerprint density at radius 1 is 1.27 bits per heavy atom. The molecule has 86 valence electrons. The summed E-state index contributed by atoms with van der Waals surface area (Å²) in [5.41, 5.74) is 0. The number of carbonyl (C=O) groups is 3. The normalized spacial score (nSPS) is 12.3. The van der Waals surface area contributed by atoms with Crippen molar-refractivity contribution < 1.29 is 19.5 Å². The number of nitrogens with one attached hydrogen (secondary N) is 1. The van der Waals surface area contributed by atoms with Crippen molar-refractivity contribution in [3.8, 4) is 0 Å². The fraction of sp³-hybridized carbons (Fsp3) is 0.700. The van der Waals surface area contributed by atoms with Crippen LogP contribution in [0.3, 0.4) is 0 Å². The monoisotopic (exact) mass is 215 g/mol.